The molecule has 4 heteroatoms. The molecule has 0 spiro atoms. The first-order valence-electron chi connectivity index (χ1n) is 6.62. The quantitative estimate of drug-likeness (QED) is 0.740. The summed E-state index contributed by atoms with van der Waals surface area (Å²) in [6.45, 7) is 4.89. The van der Waals surface area contributed by atoms with Crippen molar-refractivity contribution in [3.63, 3.8) is 0 Å². The fourth-order valence-electron chi connectivity index (χ4n) is 1.85. The smallest absolute Gasteiger partial charge is 0.122 e. The Morgan fingerprint density at radius 1 is 1.14 bits per heavy atom. The highest BCUT2D eigenvalue weighted by atomic mass is 79.9. The number of hydrogen-bond donors (Lipinski definition) is 1. The Bertz CT molecular complexity index is 596. The molecule has 2 aromatic rings. The maximum absolute atomic E-state index is 5.46. The van der Waals surface area contributed by atoms with Gasteiger partial charge in [0.05, 0.1) is 7.11 Å². The average Bonchev–Trinajstić information content (AvgIpc) is 2.51. The van der Waals surface area contributed by atoms with Crippen molar-refractivity contribution >= 4 is 21.6 Å². The van der Waals surface area contributed by atoms with Crippen molar-refractivity contribution in [3.05, 3.63) is 65.2 Å². The van der Waals surface area contributed by atoms with E-state index in [9.17, 15) is 0 Å². The monoisotopic (exact) mass is 347 g/mol. The molecule has 0 aromatic heterocycles. The van der Waals surface area contributed by atoms with E-state index in [-0.39, 0.29) is 0 Å². The Hall–Kier alpha value is -1.94. The van der Waals surface area contributed by atoms with E-state index in [1.54, 1.807) is 13.2 Å². The zero-order valence-corrected chi connectivity index (χ0v) is 13.5. The lowest BCUT2D eigenvalue weighted by Crippen LogP contribution is -2.00. The predicted octanol–water partition coefficient (Wildman–Crippen LogP) is 4.63. The average molecular weight is 348 g/mol. The fourth-order valence-corrected chi connectivity index (χ4v) is 2.32. The molecule has 0 atom stereocenters. The van der Waals surface area contributed by atoms with Gasteiger partial charge in [0.25, 0.3) is 0 Å². The summed E-state index contributed by atoms with van der Waals surface area (Å²) in [5.41, 5.74) is 2.19. The first-order valence-corrected chi connectivity index (χ1v) is 7.41. The number of rotatable bonds is 7. The van der Waals surface area contributed by atoms with Crippen LogP contribution in [0.5, 0.6) is 11.5 Å². The standard InChI is InChI=1S/C17H18BrNO2/c1-3-8-21-16-6-4-13(5-7-16)12-19-15-9-14(18)10-17(11-15)20-2/h3-7,9-11,19H,1,8,12H2,2H3. The number of halogens is 1. The largest absolute Gasteiger partial charge is 0.497 e. The minimum absolute atomic E-state index is 0.523. The van der Waals surface area contributed by atoms with Gasteiger partial charge in [0, 0.05) is 22.8 Å². The summed E-state index contributed by atoms with van der Waals surface area (Å²) >= 11 is 3.47. The fraction of sp³-hybridized carbons (Fsp3) is 0.176. The summed E-state index contributed by atoms with van der Waals surface area (Å²) in [5, 5.41) is 3.37. The topological polar surface area (TPSA) is 30.5 Å². The number of hydrogen-bond acceptors (Lipinski definition) is 3. The molecule has 3 nitrogen and oxygen atoms in total. The van der Waals surface area contributed by atoms with E-state index in [4.69, 9.17) is 9.47 Å². The van der Waals surface area contributed by atoms with Crippen LogP contribution in [0.25, 0.3) is 0 Å². The molecule has 0 aliphatic rings. The lowest BCUT2D eigenvalue weighted by molar-refractivity contribution is 0.363. The Morgan fingerprint density at radius 3 is 2.57 bits per heavy atom. The van der Waals surface area contributed by atoms with E-state index >= 15 is 0 Å². The summed E-state index contributed by atoms with van der Waals surface area (Å²) in [5.74, 6) is 1.67. The normalized spacial score (nSPS) is 10.0. The first-order chi connectivity index (χ1) is 10.2. The molecule has 0 amide bonds. The molecule has 2 aromatic carbocycles. The van der Waals surface area contributed by atoms with Gasteiger partial charge in [-0.05, 0) is 29.8 Å². The molecule has 0 bridgehead atoms. The lowest BCUT2D eigenvalue weighted by atomic mass is 10.2. The summed E-state index contributed by atoms with van der Waals surface area (Å²) in [4.78, 5) is 0. The predicted molar refractivity (Wildman–Crippen MR) is 90.2 cm³/mol. The zero-order valence-electron chi connectivity index (χ0n) is 11.9. The van der Waals surface area contributed by atoms with Crippen molar-refractivity contribution < 1.29 is 9.47 Å². The third-order valence-corrected chi connectivity index (χ3v) is 3.35. The highest BCUT2D eigenvalue weighted by Crippen LogP contribution is 2.25. The van der Waals surface area contributed by atoms with Crippen LogP contribution in [0.2, 0.25) is 0 Å². The number of nitrogens with one attached hydrogen (secondary N) is 1. The van der Waals surface area contributed by atoms with Crippen molar-refractivity contribution in [2.45, 2.75) is 6.54 Å². The molecular weight excluding hydrogens is 330 g/mol. The van der Waals surface area contributed by atoms with Crippen LogP contribution in [-0.4, -0.2) is 13.7 Å². The molecule has 0 fully saturated rings. The van der Waals surface area contributed by atoms with Crippen LogP contribution in [0, 0.1) is 0 Å². The van der Waals surface area contributed by atoms with Crippen molar-refractivity contribution in [1.82, 2.24) is 0 Å². The lowest BCUT2D eigenvalue weighted by Gasteiger charge is -2.10. The van der Waals surface area contributed by atoms with Crippen LogP contribution in [0.4, 0.5) is 5.69 Å². The van der Waals surface area contributed by atoms with Crippen LogP contribution >= 0.6 is 15.9 Å². The van der Waals surface area contributed by atoms with E-state index < -0.39 is 0 Å². The summed E-state index contributed by atoms with van der Waals surface area (Å²) in [7, 11) is 1.66. The van der Waals surface area contributed by atoms with Gasteiger partial charge in [0.2, 0.25) is 0 Å². The van der Waals surface area contributed by atoms with Crippen LogP contribution < -0.4 is 14.8 Å². The number of benzene rings is 2. The molecule has 0 aliphatic heterocycles. The Morgan fingerprint density at radius 2 is 1.90 bits per heavy atom. The second-order valence-electron chi connectivity index (χ2n) is 4.48. The number of anilines is 1. The van der Waals surface area contributed by atoms with Gasteiger partial charge in [-0.1, -0.05) is 40.7 Å². The molecule has 110 valence electrons. The zero-order chi connectivity index (χ0) is 15.1. The van der Waals surface area contributed by atoms with Gasteiger partial charge in [-0.3, -0.25) is 0 Å². The maximum Gasteiger partial charge on any atom is 0.122 e. The molecule has 0 heterocycles. The van der Waals surface area contributed by atoms with E-state index in [0.29, 0.717) is 6.61 Å². The Balaban J connectivity index is 1.96. The molecular formula is C17H18BrNO2. The summed E-state index contributed by atoms with van der Waals surface area (Å²) in [6, 6.07) is 13.9. The summed E-state index contributed by atoms with van der Waals surface area (Å²) in [6.07, 6.45) is 1.73. The van der Waals surface area contributed by atoms with E-state index in [0.717, 1.165) is 28.2 Å². The first kappa shape index (κ1) is 15.4. The van der Waals surface area contributed by atoms with Crippen molar-refractivity contribution in [1.29, 1.82) is 0 Å². The van der Waals surface area contributed by atoms with E-state index in [1.165, 1.54) is 5.56 Å². The molecule has 0 radical (unpaired) electrons. The van der Waals surface area contributed by atoms with Crippen molar-refractivity contribution in [2.75, 3.05) is 19.0 Å². The van der Waals surface area contributed by atoms with Crippen LogP contribution in [0.15, 0.2) is 59.6 Å². The van der Waals surface area contributed by atoms with Gasteiger partial charge in [0.15, 0.2) is 0 Å². The van der Waals surface area contributed by atoms with Gasteiger partial charge < -0.3 is 14.8 Å². The molecule has 0 unspecified atom stereocenters. The maximum atomic E-state index is 5.46. The molecule has 0 saturated heterocycles. The van der Waals surface area contributed by atoms with Gasteiger partial charge in [-0.15, -0.1) is 0 Å². The van der Waals surface area contributed by atoms with Crippen LogP contribution in [0.3, 0.4) is 0 Å². The third kappa shape index (κ3) is 4.83. The Kier molecular flexibility index (Phi) is 5.69. The summed E-state index contributed by atoms with van der Waals surface area (Å²) < 4.78 is 11.7. The highest BCUT2D eigenvalue weighted by Gasteiger charge is 2.00. The highest BCUT2D eigenvalue weighted by molar-refractivity contribution is 9.10. The van der Waals surface area contributed by atoms with Gasteiger partial charge in [0.1, 0.15) is 18.1 Å². The molecule has 2 rings (SSSR count). The van der Waals surface area contributed by atoms with Crippen molar-refractivity contribution in [2.24, 2.45) is 0 Å². The SMILES string of the molecule is C=CCOc1ccc(CNc2cc(Br)cc(OC)c2)cc1. The van der Waals surface area contributed by atoms with Gasteiger partial charge >= 0.3 is 0 Å². The second kappa shape index (κ2) is 7.74. The van der Waals surface area contributed by atoms with E-state index in [1.807, 2.05) is 42.5 Å². The third-order valence-electron chi connectivity index (χ3n) is 2.89. The van der Waals surface area contributed by atoms with Crippen LogP contribution in [0.1, 0.15) is 5.56 Å². The minimum atomic E-state index is 0.523. The molecule has 21 heavy (non-hydrogen) atoms. The van der Waals surface area contributed by atoms with Crippen molar-refractivity contribution in [3.8, 4) is 11.5 Å². The number of ether oxygens (including phenoxy) is 2. The van der Waals surface area contributed by atoms with Gasteiger partial charge in [-0.25, -0.2) is 0 Å². The molecule has 0 aliphatic carbocycles. The minimum Gasteiger partial charge on any atom is -0.497 e. The number of methoxy groups -OCH3 is 1. The van der Waals surface area contributed by atoms with E-state index in [2.05, 4.69) is 27.8 Å². The Labute approximate surface area is 133 Å². The second-order valence-corrected chi connectivity index (χ2v) is 5.39. The molecule has 0 saturated carbocycles. The van der Waals surface area contributed by atoms with Crippen LogP contribution in [-0.2, 0) is 6.54 Å². The van der Waals surface area contributed by atoms with Gasteiger partial charge in [-0.2, -0.15) is 0 Å². The molecule has 1 N–H and O–H groups in total.